The first-order chi connectivity index (χ1) is 11.6. The summed E-state index contributed by atoms with van der Waals surface area (Å²) in [5.74, 6) is -0.486. The lowest BCUT2D eigenvalue weighted by molar-refractivity contribution is -0.115. The Morgan fingerprint density at radius 3 is 2.46 bits per heavy atom. The van der Waals surface area contributed by atoms with Crippen LogP contribution in [0.4, 0.5) is 9.52 Å². The monoisotopic (exact) mass is 360 g/mol. The van der Waals surface area contributed by atoms with Crippen LogP contribution in [0.5, 0.6) is 0 Å². The van der Waals surface area contributed by atoms with E-state index < -0.39 is 0 Å². The van der Waals surface area contributed by atoms with Gasteiger partial charge in [0.15, 0.2) is 5.13 Å². The molecule has 0 aliphatic carbocycles. The first-order valence-corrected chi connectivity index (χ1v) is 8.51. The third kappa shape index (κ3) is 4.63. The summed E-state index contributed by atoms with van der Waals surface area (Å²) < 4.78 is 12.9. The van der Waals surface area contributed by atoms with Gasteiger partial charge in [-0.1, -0.05) is 35.9 Å². The highest BCUT2D eigenvalue weighted by molar-refractivity contribution is 7.15. The molecule has 0 aliphatic rings. The van der Waals surface area contributed by atoms with Crippen LogP contribution in [-0.4, -0.2) is 10.9 Å². The van der Waals surface area contributed by atoms with Gasteiger partial charge in [-0.2, -0.15) is 0 Å². The Balaban J connectivity index is 1.58. The zero-order valence-electron chi connectivity index (χ0n) is 12.6. The minimum atomic E-state index is -0.314. The van der Waals surface area contributed by atoms with Gasteiger partial charge in [0.25, 0.3) is 0 Å². The fourth-order valence-electron chi connectivity index (χ4n) is 2.20. The van der Waals surface area contributed by atoms with Crippen molar-refractivity contribution < 1.29 is 9.18 Å². The van der Waals surface area contributed by atoms with Crippen LogP contribution in [0.1, 0.15) is 16.0 Å². The molecule has 0 spiro atoms. The van der Waals surface area contributed by atoms with Crippen molar-refractivity contribution in [3.8, 4) is 0 Å². The van der Waals surface area contributed by atoms with Gasteiger partial charge in [-0.25, -0.2) is 9.37 Å². The molecule has 0 unspecified atom stereocenters. The van der Waals surface area contributed by atoms with Gasteiger partial charge in [0.1, 0.15) is 5.82 Å². The molecule has 1 heterocycles. The quantitative estimate of drug-likeness (QED) is 0.716. The van der Waals surface area contributed by atoms with Crippen LogP contribution < -0.4 is 5.32 Å². The van der Waals surface area contributed by atoms with Gasteiger partial charge >= 0.3 is 0 Å². The summed E-state index contributed by atoms with van der Waals surface area (Å²) in [6.07, 6.45) is 2.68. The van der Waals surface area contributed by atoms with E-state index in [-0.39, 0.29) is 18.1 Å². The third-order valence-electron chi connectivity index (χ3n) is 3.37. The Bertz CT molecular complexity index is 831. The number of amides is 1. The summed E-state index contributed by atoms with van der Waals surface area (Å²) in [6, 6.07) is 13.5. The van der Waals surface area contributed by atoms with Gasteiger partial charge in [0, 0.05) is 22.5 Å². The second-order valence-electron chi connectivity index (χ2n) is 5.29. The number of thiazole rings is 1. The molecule has 1 amide bonds. The maximum atomic E-state index is 12.9. The number of carbonyl (C=O) groups excluding carboxylic acids is 1. The van der Waals surface area contributed by atoms with Crippen LogP contribution in [0, 0.1) is 5.82 Å². The molecule has 24 heavy (non-hydrogen) atoms. The lowest BCUT2D eigenvalue weighted by Gasteiger charge is -2.02. The fourth-order valence-corrected chi connectivity index (χ4v) is 3.19. The molecule has 0 atom stereocenters. The van der Waals surface area contributed by atoms with E-state index in [0.29, 0.717) is 10.2 Å². The molecule has 2 aromatic carbocycles. The number of aromatic nitrogens is 1. The zero-order chi connectivity index (χ0) is 16.9. The minimum absolute atomic E-state index is 0.172. The first kappa shape index (κ1) is 16.6. The number of benzene rings is 2. The minimum Gasteiger partial charge on any atom is -0.302 e. The molecule has 1 N–H and O–H groups in total. The molecule has 1 aromatic heterocycles. The van der Waals surface area contributed by atoms with E-state index in [1.165, 1.54) is 23.5 Å². The van der Waals surface area contributed by atoms with Crippen molar-refractivity contribution in [2.24, 2.45) is 0 Å². The van der Waals surface area contributed by atoms with Crippen LogP contribution in [0.15, 0.2) is 54.7 Å². The smallest absolute Gasteiger partial charge is 0.230 e. The number of anilines is 1. The van der Waals surface area contributed by atoms with E-state index in [4.69, 9.17) is 11.6 Å². The van der Waals surface area contributed by atoms with Crippen LogP contribution in [0.25, 0.3) is 0 Å². The van der Waals surface area contributed by atoms with Crippen molar-refractivity contribution in [1.82, 2.24) is 4.98 Å². The van der Waals surface area contributed by atoms with Gasteiger partial charge in [-0.05, 0) is 35.4 Å². The summed E-state index contributed by atoms with van der Waals surface area (Å²) in [6.45, 7) is 0. The highest BCUT2D eigenvalue weighted by Crippen LogP contribution is 2.22. The highest BCUT2D eigenvalue weighted by atomic mass is 35.5. The predicted octanol–water partition coefficient (Wildman–Crippen LogP) is 4.71. The van der Waals surface area contributed by atoms with Gasteiger partial charge in [0.2, 0.25) is 5.91 Å². The number of rotatable bonds is 5. The fraction of sp³-hybridized carbons (Fsp3) is 0.111. The van der Waals surface area contributed by atoms with Crippen molar-refractivity contribution in [3.05, 3.63) is 81.6 Å². The van der Waals surface area contributed by atoms with Crippen LogP contribution in [0.2, 0.25) is 5.02 Å². The number of carbonyl (C=O) groups is 1. The topological polar surface area (TPSA) is 42.0 Å². The summed E-state index contributed by atoms with van der Waals surface area (Å²) in [7, 11) is 0. The van der Waals surface area contributed by atoms with Crippen molar-refractivity contribution in [2.45, 2.75) is 12.8 Å². The van der Waals surface area contributed by atoms with E-state index in [2.05, 4.69) is 10.3 Å². The lowest BCUT2D eigenvalue weighted by Crippen LogP contribution is -2.14. The van der Waals surface area contributed by atoms with Gasteiger partial charge in [-0.15, -0.1) is 11.3 Å². The van der Waals surface area contributed by atoms with Gasteiger partial charge in [0.05, 0.1) is 6.42 Å². The molecule has 3 nitrogen and oxygen atoms in total. The normalized spacial score (nSPS) is 10.6. The first-order valence-electron chi connectivity index (χ1n) is 7.32. The van der Waals surface area contributed by atoms with Crippen LogP contribution in [0.3, 0.4) is 0 Å². The standard InChI is InChI=1S/C18H14ClFN2OS/c19-14-5-1-12(2-6-14)9-16-11-21-18(24-16)22-17(23)10-13-3-7-15(20)8-4-13/h1-8,11H,9-10H2,(H,21,22,23). The second-order valence-corrected chi connectivity index (χ2v) is 6.84. The molecule has 3 rings (SSSR count). The zero-order valence-corrected chi connectivity index (χ0v) is 14.2. The van der Waals surface area contributed by atoms with Crippen LogP contribution in [-0.2, 0) is 17.6 Å². The summed E-state index contributed by atoms with van der Waals surface area (Å²) in [5.41, 5.74) is 1.89. The Morgan fingerprint density at radius 2 is 1.75 bits per heavy atom. The van der Waals surface area contributed by atoms with Crippen LogP contribution >= 0.6 is 22.9 Å². The molecule has 0 aliphatic heterocycles. The van der Waals surface area contributed by atoms with E-state index >= 15 is 0 Å². The molecule has 0 radical (unpaired) electrons. The Hall–Kier alpha value is -2.24. The number of nitrogens with one attached hydrogen (secondary N) is 1. The number of halogens is 2. The summed E-state index contributed by atoms with van der Waals surface area (Å²) in [4.78, 5) is 17.3. The lowest BCUT2D eigenvalue weighted by atomic mass is 10.1. The van der Waals surface area contributed by atoms with Crippen molar-refractivity contribution >= 4 is 34.0 Å². The molecule has 3 aromatic rings. The number of hydrogen-bond acceptors (Lipinski definition) is 3. The molecule has 0 saturated heterocycles. The number of nitrogens with zero attached hydrogens (tertiary/aromatic N) is 1. The molecular weight excluding hydrogens is 347 g/mol. The van der Waals surface area contributed by atoms with E-state index in [1.807, 2.05) is 24.3 Å². The van der Waals surface area contributed by atoms with E-state index in [9.17, 15) is 9.18 Å². The van der Waals surface area contributed by atoms with Crippen molar-refractivity contribution in [3.63, 3.8) is 0 Å². The average Bonchev–Trinajstić information content (AvgIpc) is 2.99. The average molecular weight is 361 g/mol. The Kier molecular flexibility index (Phi) is 5.23. The van der Waals surface area contributed by atoms with Gasteiger partial charge in [-0.3, -0.25) is 4.79 Å². The van der Waals surface area contributed by atoms with Crippen molar-refractivity contribution in [2.75, 3.05) is 5.32 Å². The predicted molar refractivity (Wildman–Crippen MR) is 95.1 cm³/mol. The molecule has 122 valence electrons. The maximum Gasteiger partial charge on any atom is 0.230 e. The molecular formula is C18H14ClFN2OS. The van der Waals surface area contributed by atoms with Crippen molar-refractivity contribution in [1.29, 1.82) is 0 Å². The largest absolute Gasteiger partial charge is 0.302 e. The molecule has 0 bridgehead atoms. The number of hydrogen-bond donors (Lipinski definition) is 1. The third-order valence-corrected chi connectivity index (χ3v) is 4.53. The van der Waals surface area contributed by atoms with E-state index in [0.717, 1.165) is 22.4 Å². The molecule has 0 saturated carbocycles. The maximum absolute atomic E-state index is 12.9. The Morgan fingerprint density at radius 1 is 1.08 bits per heavy atom. The summed E-state index contributed by atoms with van der Waals surface area (Å²) in [5, 5.41) is 4.04. The second kappa shape index (κ2) is 7.55. The van der Waals surface area contributed by atoms with Gasteiger partial charge < -0.3 is 5.32 Å². The highest BCUT2D eigenvalue weighted by Gasteiger charge is 2.08. The SMILES string of the molecule is O=C(Cc1ccc(F)cc1)Nc1ncc(Cc2ccc(Cl)cc2)s1. The molecule has 0 fully saturated rings. The Labute approximate surface area is 148 Å². The summed E-state index contributed by atoms with van der Waals surface area (Å²) >= 11 is 7.31. The van der Waals surface area contributed by atoms with E-state index in [1.54, 1.807) is 18.3 Å². The molecule has 6 heteroatoms.